The van der Waals surface area contributed by atoms with Gasteiger partial charge in [-0.1, -0.05) is 34.1 Å². The SMILES string of the molecule is O=C(Cc1ccc(Br)cc1)N1CC=C(c2c[nH]c3cccnc23)CC1. The number of fused-ring (bicyclic) bond motifs is 1. The molecule has 0 radical (unpaired) electrons. The van der Waals surface area contributed by atoms with E-state index in [0.717, 1.165) is 39.6 Å². The number of aromatic nitrogens is 2. The van der Waals surface area contributed by atoms with E-state index in [2.05, 4.69) is 32.0 Å². The van der Waals surface area contributed by atoms with Crippen LogP contribution in [0, 0.1) is 0 Å². The zero-order valence-corrected chi connectivity index (χ0v) is 15.3. The number of pyridine rings is 1. The van der Waals surface area contributed by atoms with Crippen LogP contribution in [-0.2, 0) is 11.2 Å². The minimum Gasteiger partial charge on any atom is -0.359 e. The van der Waals surface area contributed by atoms with Gasteiger partial charge in [0.2, 0.25) is 5.91 Å². The van der Waals surface area contributed by atoms with E-state index >= 15 is 0 Å². The highest BCUT2D eigenvalue weighted by atomic mass is 79.9. The van der Waals surface area contributed by atoms with Crippen LogP contribution in [-0.4, -0.2) is 33.9 Å². The van der Waals surface area contributed by atoms with Gasteiger partial charge >= 0.3 is 0 Å². The van der Waals surface area contributed by atoms with E-state index in [9.17, 15) is 4.79 Å². The molecule has 2 aromatic heterocycles. The Morgan fingerprint density at radius 1 is 1.24 bits per heavy atom. The molecule has 25 heavy (non-hydrogen) atoms. The molecule has 0 unspecified atom stereocenters. The van der Waals surface area contributed by atoms with Gasteiger partial charge in [0.15, 0.2) is 0 Å². The predicted molar refractivity (Wildman–Crippen MR) is 103 cm³/mol. The average Bonchev–Trinajstić information content (AvgIpc) is 3.08. The Balaban J connectivity index is 1.46. The molecule has 0 saturated carbocycles. The van der Waals surface area contributed by atoms with Crippen molar-refractivity contribution in [2.45, 2.75) is 12.8 Å². The zero-order chi connectivity index (χ0) is 17.2. The number of carbonyl (C=O) groups excluding carboxylic acids is 1. The van der Waals surface area contributed by atoms with E-state index in [1.807, 2.05) is 53.7 Å². The second-order valence-corrected chi connectivity index (χ2v) is 7.14. The molecule has 3 aromatic rings. The fourth-order valence-corrected chi connectivity index (χ4v) is 3.49. The number of rotatable bonds is 3. The van der Waals surface area contributed by atoms with Crippen molar-refractivity contribution in [3.63, 3.8) is 0 Å². The first kappa shape index (κ1) is 16.1. The van der Waals surface area contributed by atoms with Crippen molar-refractivity contribution in [2.24, 2.45) is 0 Å². The molecule has 1 aliphatic heterocycles. The smallest absolute Gasteiger partial charge is 0.227 e. The van der Waals surface area contributed by atoms with Crippen molar-refractivity contribution in [1.29, 1.82) is 0 Å². The minimum atomic E-state index is 0.176. The summed E-state index contributed by atoms with van der Waals surface area (Å²) >= 11 is 3.42. The lowest BCUT2D eigenvalue weighted by atomic mass is 10.0. The lowest BCUT2D eigenvalue weighted by molar-refractivity contribution is -0.130. The third-order valence-electron chi connectivity index (χ3n) is 4.61. The van der Waals surface area contributed by atoms with Gasteiger partial charge in [-0.3, -0.25) is 9.78 Å². The first-order valence-electron chi connectivity index (χ1n) is 8.34. The van der Waals surface area contributed by atoms with Crippen molar-refractivity contribution >= 4 is 38.4 Å². The summed E-state index contributed by atoms with van der Waals surface area (Å²) in [6.07, 6.45) is 7.29. The molecule has 1 N–H and O–H groups in total. The second kappa shape index (κ2) is 6.84. The molecule has 0 saturated heterocycles. The fourth-order valence-electron chi connectivity index (χ4n) is 3.23. The molecular formula is C20H18BrN3O. The number of amides is 1. The van der Waals surface area contributed by atoms with E-state index in [1.165, 1.54) is 5.57 Å². The van der Waals surface area contributed by atoms with Crippen LogP contribution in [0.15, 0.2) is 59.3 Å². The highest BCUT2D eigenvalue weighted by Crippen LogP contribution is 2.28. The van der Waals surface area contributed by atoms with E-state index in [4.69, 9.17) is 0 Å². The maximum atomic E-state index is 12.5. The fraction of sp³-hybridized carbons (Fsp3) is 0.200. The van der Waals surface area contributed by atoms with Crippen LogP contribution in [0.1, 0.15) is 17.5 Å². The summed E-state index contributed by atoms with van der Waals surface area (Å²) in [4.78, 5) is 22.2. The molecule has 4 rings (SSSR count). The van der Waals surface area contributed by atoms with Crippen LogP contribution in [0.5, 0.6) is 0 Å². The summed E-state index contributed by atoms with van der Waals surface area (Å²) < 4.78 is 1.03. The van der Waals surface area contributed by atoms with Crippen molar-refractivity contribution in [3.05, 3.63) is 70.5 Å². The molecule has 1 aromatic carbocycles. The summed E-state index contributed by atoms with van der Waals surface area (Å²) in [5, 5.41) is 0. The predicted octanol–water partition coefficient (Wildman–Crippen LogP) is 4.18. The summed E-state index contributed by atoms with van der Waals surface area (Å²) in [7, 11) is 0. The highest BCUT2D eigenvalue weighted by Gasteiger charge is 2.19. The number of H-pyrrole nitrogens is 1. The van der Waals surface area contributed by atoms with Crippen molar-refractivity contribution in [2.75, 3.05) is 13.1 Å². The molecule has 0 atom stereocenters. The summed E-state index contributed by atoms with van der Waals surface area (Å²) in [5.41, 5.74) is 5.51. The molecule has 1 aliphatic rings. The van der Waals surface area contributed by atoms with Crippen LogP contribution >= 0.6 is 15.9 Å². The van der Waals surface area contributed by atoms with Gasteiger partial charge in [0, 0.05) is 35.5 Å². The van der Waals surface area contributed by atoms with Crippen LogP contribution in [0.3, 0.4) is 0 Å². The molecular weight excluding hydrogens is 378 g/mol. The zero-order valence-electron chi connectivity index (χ0n) is 13.7. The van der Waals surface area contributed by atoms with Gasteiger partial charge in [0.05, 0.1) is 17.5 Å². The molecule has 3 heterocycles. The largest absolute Gasteiger partial charge is 0.359 e. The Labute approximate surface area is 154 Å². The number of hydrogen-bond acceptors (Lipinski definition) is 2. The van der Waals surface area contributed by atoms with Gasteiger partial charge in [-0.15, -0.1) is 0 Å². The molecule has 126 valence electrons. The van der Waals surface area contributed by atoms with Gasteiger partial charge < -0.3 is 9.88 Å². The first-order chi connectivity index (χ1) is 12.2. The lowest BCUT2D eigenvalue weighted by Crippen LogP contribution is -2.35. The monoisotopic (exact) mass is 395 g/mol. The number of aromatic amines is 1. The lowest BCUT2D eigenvalue weighted by Gasteiger charge is -2.26. The van der Waals surface area contributed by atoms with Crippen molar-refractivity contribution in [1.82, 2.24) is 14.9 Å². The van der Waals surface area contributed by atoms with Gasteiger partial charge in [-0.2, -0.15) is 0 Å². The number of halogens is 1. The maximum Gasteiger partial charge on any atom is 0.227 e. The topological polar surface area (TPSA) is 49.0 Å². The highest BCUT2D eigenvalue weighted by molar-refractivity contribution is 9.10. The Morgan fingerprint density at radius 3 is 2.84 bits per heavy atom. The molecule has 1 amide bonds. The quantitative estimate of drug-likeness (QED) is 0.722. The Hall–Kier alpha value is -2.40. The van der Waals surface area contributed by atoms with E-state index in [-0.39, 0.29) is 5.91 Å². The molecule has 4 nitrogen and oxygen atoms in total. The number of carbonyl (C=O) groups is 1. The van der Waals surface area contributed by atoms with E-state index in [1.54, 1.807) is 0 Å². The maximum absolute atomic E-state index is 12.5. The van der Waals surface area contributed by atoms with Crippen LogP contribution in [0.2, 0.25) is 0 Å². The normalized spacial score (nSPS) is 14.6. The van der Waals surface area contributed by atoms with Crippen LogP contribution in [0.25, 0.3) is 16.6 Å². The molecule has 0 fully saturated rings. The Bertz CT molecular complexity index is 943. The van der Waals surface area contributed by atoms with Gasteiger partial charge in [0.1, 0.15) is 0 Å². The van der Waals surface area contributed by atoms with E-state index < -0.39 is 0 Å². The second-order valence-electron chi connectivity index (χ2n) is 6.22. The van der Waals surface area contributed by atoms with Gasteiger partial charge in [-0.25, -0.2) is 0 Å². The number of nitrogens with one attached hydrogen (secondary N) is 1. The molecule has 0 spiro atoms. The standard InChI is InChI=1S/C20H18BrN3O/c21-16-5-3-14(4-6-16)12-19(25)24-10-7-15(8-11-24)17-13-23-18-2-1-9-22-20(17)18/h1-7,9,13,23H,8,10-12H2. The van der Waals surface area contributed by atoms with Gasteiger partial charge in [0.25, 0.3) is 0 Å². The molecule has 0 aliphatic carbocycles. The Kier molecular flexibility index (Phi) is 4.40. The van der Waals surface area contributed by atoms with Crippen LogP contribution < -0.4 is 0 Å². The Morgan fingerprint density at radius 2 is 2.08 bits per heavy atom. The number of nitrogens with zero attached hydrogens (tertiary/aromatic N) is 2. The third kappa shape index (κ3) is 3.37. The van der Waals surface area contributed by atoms with Crippen molar-refractivity contribution < 1.29 is 4.79 Å². The van der Waals surface area contributed by atoms with E-state index in [0.29, 0.717) is 13.0 Å². The third-order valence-corrected chi connectivity index (χ3v) is 5.14. The molecule has 5 heteroatoms. The average molecular weight is 396 g/mol. The van der Waals surface area contributed by atoms with Crippen molar-refractivity contribution in [3.8, 4) is 0 Å². The first-order valence-corrected chi connectivity index (χ1v) is 9.14. The summed E-state index contributed by atoms with van der Waals surface area (Å²) in [5.74, 6) is 0.176. The summed E-state index contributed by atoms with van der Waals surface area (Å²) in [6, 6.07) is 11.9. The number of benzene rings is 1. The molecule has 0 bridgehead atoms. The number of hydrogen-bond donors (Lipinski definition) is 1. The van der Waals surface area contributed by atoms with Gasteiger partial charge in [-0.05, 0) is 41.8 Å². The summed E-state index contributed by atoms with van der Waals surface area (Å²) in [6.45, 7) is 1.41. The van der Waals surface area contributed by atoms with Crippen LogP contribution in [0.4, 0.5) is 0 Å². The minimum absolute atomic E-state index is 0.176.